The molecule has 0 aliphatic heterocycles. The number of quaternary nitrogens is 1. The van der Waals surface area contributed by atoms with Gasteiger partial charge in [0.15, 0.2) is 0 Å². The fourth-order valence-corrected chi connectivity index (χ4v) is 9.51. The van der Waals surface area contributed by atoms with E-state index in [1.165, 1.54) is 154 Å². The summed E-state index contributed by atoms with van der Waals surface area (Å²) >= 11 is 0. The summed E-state index contributed by atoms with van der Waals surface area (Å²) in [6.45, 7) is 4.33. The van der Waals surface area contributed by atoms with Crippen LogP contribution in [0.1, 0.15) is 264 Å². The summed E-state index contributed by atoms with van der Waals surface area (Å²) in [5, 5.41) is 24.8. The zero-order valence-corrected chi connectivity index (χ0v) is 49.1. The number of likely N-dealkylation sites (N-methyl/N-ethyl adjacent to an activating group) is 1. The molecule has 4 unspecified atom stereocenters. The third-order valence-corrected chi connectivity index (χ3v) is 14.5. The van der Waals surface area contributed by atoms with Crippen LogP contribution in [0.25, 0.3) is 0 Å². The van der Waals surface area contributed by atoms with Gasteiger partial charge in [0, 0.05) is 6.42 Å². The maximum absolute atomic E-state index is 13.0. The molecule has 0 aromatic carbocycles. The first-order valence-corrected chi connectivity index (χ1v) is 31.8. The average molecular weight is 1050 g/mol. The first-order chi connectivity index (χ1) is 35.4. The Labute approximate surface area is 451 Å². The highest BCUT2D eigenvalue weighted by atomic mass is 31.2. The first-order valence-electron chi connectivity index (χ1n) is 30.4. The van der Waals surface area contributed by atoms with Gasteiger partial charge in [0.25, 0.3) is 7.82 Å². The molecule has 0 bridgehead atoms. The molecule has 0 aromatic heterocycles. The maximum atomic E-state index is 13.0. The van der Waals surface area contributed by atoms with Gasteiger partial charge in [-0.05, 0) is 64.2 Å². The van der Waals surface area contributed by atoms with Gasteiger partial charge in [-0.15, -0.1) is 0 Å². The third kappa shape index (κ3) is 54.5. The fourth-order valence-electron chi connectivity index (χ4n) is 8.79. The largest absolute Gasteiger partial charge is 0.756 e. The number of allylic oxidation sites excluding steroid dienone is 12. The van der Waals surface area contributed by atoms with Crippen LogP contribution < -0.4 is 10.2 Å². The van der Waals surface area contributed by atoms with Gasteiger partial charge in [0.2, 0.25) is 5.91 Å². The topological polar surface area (TPSA) is 128 Å². The average Bonchev–Trinajstić information content (AvgIpc) is 3.35. The van der Waals surface area contributed by atoms with E-state index in [-0.39, 0.29) is 18.9 Å². The lowest BCUT2D eigenvalue weighted by Crippen LogP contribution is -2.51. The molecule has 9 nitrogen and oxygen atoms in total. The van der Waals surface area contributed by atoms with Crippen LogP contribution in [0.3, 0.4) is 0 Å². The molecule has 0 heterocycles. The van der Waals surface area contributed by atoms with Crippen molar-refractivity contribution < 1.29 is 38.0 Å². The van der Waals surface area contributed by atoms with Gasteiger partial charge in [0.05, 0.1) is 39.9 Å². The van der Waals surface area contributed by atoms with Crippen molar-refractivity contribution >= 4 is 13.7 Å². The Bertz CT molecular complexity index is 1440. The Morgan fingerprint density at radius 1 is 0.507 bits per heavy atom. The number of nitrogens with zero attached hydrogens (tertiary/aromatic N) is 1. The number of phosphoric ester groups is 1. The Morgan fingerprint density at radius 2 is 0.863 bits per heavy atom. The number of carbonyl (C=O) groups is 1. The summed E-state index contributed by atoms with van der Waals surface area (Å²) in [4.78, 5) is 25.5. The zero-order valence-electron chi connectivity index (χ0n) is 48.2. The quantitative estimate of drug-likeness (QED) is 0.0240. The number of amides is 1. The zero-order chi connectivity index (χ0) is 53.6. The number of rotatable bonds is 55. The van der Waals surface area contributed by atoms with Crippen molar-refractivity contribution in [2.24, 2.45) is 0 Å². The van der Waals surface area contributed by atoms with Crippen molar-refractivity contribution in [3.05, 3.63) is 72.9 Å². The molecule has 4 atom stereocenters. The highest BCUT2D eigenvalue weighted by Gasteiger charge is 2.29. The molecule has 0 spiro atoms. The number of aliphatic hydroxyl groups excluding tert-OH is 2. The van der Waals surface area contributed by atoms with Crippen LogP contribution in [0, 0.1) is 0 Å². The lowest BCUT2D eigenvalue weighted by molar-refractivity contribution is -0.870. The molecule has 73 heavy (non-hydrogen) atoms. The molecule has 0 saturated heterocycles. The molecule has 0 aliphatic carbocycles. The minimum absolute atomic E-state index is 0.0411. The van der Waals surface area contributed by atoms with Crippen molar-refractivity contribution in [2.75, 3.05) is 40.9 Å². The van der Waals surface area contributed by atoms with E-state index in [0.717, 1.165) is 83.5 Å². The van der Waals surface area contributed by atoms with Crippen molar-refractivity contribution in [3.8, 4) is 0 Å². The summed E-state index contributed by atoms with van der Waals surface area (Å²) in [6.07, 6.45) is 69.8. The highest BCUT2D eigenvalue weighted by molar-refractivity contribution is 7.45. The molecule has 0 radical (unpaired) electrons. The maximum Gasteiger partial charge on any atom is 0.268 e. The van der Waals surface area contributed by atoms with Crippen LogP contribution in [-0.4, -0.2) is 79.8 Å². The van der Waals surface area contributed by atoms with Crippen LogP contribution in [-0.2, 0) is 18.4 Å². The Hall–Kier alpha value is -2.10. The number of carbonyl (C=O) groups excluding carboxylic acids is 1. The summed E-state index contributed by atoms with van der Waals surface area (Å²) in [6, 6.07) is -1.07. The molecular formula is C63H117N2O7P. The molecule has 1 amide bonds. The number of phosphoric acid groups is 1. The van der Waals surface area contributed by atoms with Gasteiger partial charge in [-0.3, -0.25) is 9.36 Å². The smallest absolute Gasteiger partial charge is 0.268 e. The van der Waals surface area contributed by atoms with Crippen LogP contribution in [0.2, 0.25) is 0 Å². The van der Waals surface area contributed by atoms with Crippen molar-refractivity contribution in [3.63, 3.8) is 0 Å². The van der Waals surface area contributed by atoms with Gasteiger partial charge >= 0.3 is 0 Å². The Morgan fingerprint density at radius 3 is 1.26 bits per heavy atom. The molecule has 0 saturated carbocycles. The number of hydrogen-bond donors (Lipinski definition) is 3. The molecule has 0 fully saturated rings. The molecular weight excluding hydrogens is 928 g/mol. The Kier molecular flexibility index (Phi) is 51.8. The molecule has 3 N–H and O–H groups in total. The van der Waals surface area contributed by atoms with Crippen molar-refractivity contribution in [1.29, 1.82) is 0 Å². The van der Waals surface area contributed by atoms with E-state index < -0.39 is 32.7 Å². The summed E-state index contributed by atoms with van der Waals surface area (Å²) < 4.78 is 23.3. The van der Waals surface area contributed by atoms with Gasteiger partial charge in [-0.2, -0.15) is 0 Å². The summed E-state index contributed by atoms with van der Waals surface area (Å²) in [5.74, 6) is -0.277. The van der Waals surface area contributed by atoms with Crippen molar-refractivity contribution in [2.45, 2.75) is 283 Å². The van der Waals surface area contributed by atoms with E-state index in [9.17, 15) is 24.5 Å². The van der Waals surface area contributed by atoms with E-state index in [2.05, 4.69) is 92.1 Å². The van der Waals surface area contributed by atoms with Crippen LogP contribution in [0.4, 0.5) is 0 Å². The van der Waals surface area contributed by atoms with Gasteiger partial charge < -0.3 is 34.0 Å². The lowest BCUT2D eigenvalue weighted by atomic mass is 9.99. The van der Waals surface area contributed by atoms with Crippen LogP contribution in [0.5, 0.6) is 0 Å². The van der Waals surface area contributed by atoms with E-state index in [0.29, 0.717) is 17.4 Å². The van der Waals surface area contributed by atoms with Crippen LogP contribution in [0.15, 0.2) is 72.9 Å². The number of aliphatic hydroxyl groups is 2. The summed E-state index contributed by atoms with van der Waals surface area (Å²) in [7, 11) is 1.13. The predicted octanol–water partition coefficient (Wildman–Crippen LogP) is 17.0. The van der Waals surface area contributed by atoms with Gasteiger partial charge in [0.1, 0.15) is 19.3 Å². The Balaban J connectivity index is 4.03. The monoisotopic (exact) mass is 1040 g/mol. The van der Waals surface area contributed by atoms with Gasteiger partial charge in [-0.1, -0.05) is 267 Å². The molecule has 0 aliphatic rings. The fraction of sp³-hybridized carbons (Fsp3) is 0.794. The molecule has 0 aromatic rings. The van der Waals surface area contributed by atoms with Gasteiger partial charge in [-0.25, -0.2) is 0 Å². The van der Waals surface area contributed by atoms with E-state index in [1.54, 1.807) is 0 Å². The molecule has 0 rings (SSSR count). The molecule has 426 valence electrons. The second kappa shape index (κ2) is 53.3. The first kappa shape index (κ1) is 70.9. The number of unbranched alkanes of at least 4 members (excludes halogenated alkanes) is 29. The number of nitrogens with one attached hydrogen (secondary N) is 1. The van der Waals surface area contributed by atoms with E-state index >= 15 is 0 Å². The second-order valence-electron chi connectivity index (χ2n) is 21.8. The normalized spacial score (nSPS) is 14.8. The van der Waals surface area contributed by atoms with E-state index in [1.807, 2.05) is 21.1 Å². The standard InChI is InChI=1S/C63H117N2O7P/c1-6-8-10-12-14-16-18-20-21-22-23-24-25-26-27-28-29-30-31-32-33-34-35-36-37-38-39-40-41-42-43-44-46-48-50-52-54-56-62(67)64-60(59-72-73(69,70)71-58-57-65(3,4)5)63(68)61(66)55-53-51-49-47-45-19-17-15-13-11-9-7-2/h8,10,14,16,20-21,23-24,26-27,29-30,60-61,63,66,68H,6-7,9,11-13,15,17-19,22,25,28,31-59H2,1-5H3,(H-,64,67,69,70)/b10-8-,16-14-,21-20-,24-23-,27-26-,30-29-. The lowest BCUT2D eigenvalue weighted by Gasteiger charge is -2.31. The summed E-state index contributed by atoms with van der Waals surface area (Å²) in [5.41, 5.74) is 0. The number of hydrogen-bond acceptors (Lipinski definition) is 7. The minimum atomic E-state index is -4.67. The SMILES string of the molecule is CC/C=C\C/C=C\C/C=C\C/C=C\C/C=C\C/C=C\CCCCCCCCCCCCCCCCCCCCC(=O)NC(COP(=O)([O-])OCC[N+](C)(C)C)C(O)C(O)CCCCCCCCCCCCCC. The predicted molar refractivity (Wildman–Crippen MR) is 313 cm³/mol. The van der Waals surface area contributed by atoms with Crippen LogP contribution >= 0.6 is 7.82 Å². The third-order valence-electron chi connectivity index (χ3n) is 13.6. The van der Waals surface area contributed by atoms with Crippen molar-refractivity contribution in [1.82, 2.24) is 5.32 Å². The second-order valence-corrected chi connectivity index (χ2v) is 23.2. The highest BCUT2D eigenvalue weighted by Crippen LogP contribution is 2.38. The minimum Gasteiger partial charge on any atom is -0.756 e. The molecule has 10 heteroatoms. The van der Waals surface area contributed by atoms with E-state index in [4.69, 9.17) is 9.05 Å².